The minimum absolute atomic E-state index is 0.118. The lowest BCUT2D eigenvalue weighted by Gasteiger charge is -2.19. The Labute approximate surface area is 91.8 Å². The molecule has 0 aliphatic rings. The van der Waals surface area contributed by atoms with Crippen LogP contribution in [-0.4, -0.2) is 12.1 Å². The van der Waals surface area contributed by atoms with Gasteiger partial charge in [-0.1, -0.05) is 0 Å². The molecule has 1 N–H and O–H groups in total. The van der Waals surface area contributed by atoms with Gasteiger partial charge in [0.1, 0.15) is 18.1 Å². The number of ether oxygens (including phenoxy) is 1. The van der Waals surface area contributed by atoms with Gasteiger partial charge in [0, 0.05) is 12.1 Å². The lowest BCUT2D eigenvalue weighted by atomic mass is 10.1. The summed E-state index contributed by atoms with van der Waals surface area (Å²) in [5, 5.41) is 3.37. The summed E-state index contributed by atoms with van der Waals surface area (Å²) in [6, 6.07) is 3.96. The quantitative estimate of drug-likeness (QED) is 0.813. The van der Waals surface area contributed by atoms with E-state index in [1.165, 1.54) is 0 Å². The molecule has 0 radical (unpaired) electrons. The molecule has 0 unspecified atom stereocenters. The van der Waals surface area contributed by atoms with Crippen LogP contribution in [0.4, 0.5) is 0 Å². The zero-order valence-electron chi connectivity index (χ0n) is 10.1. The highest BCUT2D eigenvalue weighted by atomic mass is 16.5. The van der Waals surface area contributed by atoms with Crippen LogP contribution in [0, 0.1) is 0 Å². The first kappa shape index (κ1) is 12.3. The summed E-state index contributed by atoms with van der Waals surface area (Å²) in [5.41, 5.74) is 0.118. The van der Waals surface area contributed by atoms with Crippen molar-refractivity contribution in [2.45, 2.75) is 46.4 Å². The van der Waals surface area contributed by atoms with Gasteiger partial charge in [-0.2, -0.15) is 0 Å². The highest BCUT2D eigenvalue weighted by molar-refractivity contribution is 5.06. The van der Waals surface area contributed by atoms with Gasteiger partial charge in [-0.05, 0) is 39.8 Å². The number of furan rings is 1. The van der Waals surface area contributed by atoms with E-state index < -0.39 is 0 Å². The maximum absolute atomic E-state index is 5.59. The Morgan fingerprint density at radius 3 is 2.53 bits per heavy atom. The summed E-state index contributed by atoms with van der Waals surface area (Å²) >= 11 is 0. The predicted molar refractivity (Wildman–Crippen MR) is 60.6 cm³/mol. The van der Waals surface area contributed by atoms with Gasteiger partial charge in [-0.3, -0.25) is 0 Å². The van der Waals surface area contributed by atoms with Crippen molar-refractivity contribution in [2.75, 3.05) is 6.61 Å². The second-order valence-corrected chi connectivity index (χ2v) is 4.61. The van der Waals surface area contributed by atoms with Crippen LogP contribution in [0.15, 0.2) is 16.5 Å². The van der Waals surface area contributed by atoms with Crippen molar-refractivity contribution >= 4 is 0 Å². The fraction of sp³-hybridized carbons (Fsp3) is 0.667. The molecule has 0 aromatic carbocycles. The molecule has 0 saturated carbocycles. The van der Waals surface area contributed by atoms with Gasteiger partial charge in [0.2, 0.25) is 0 Å². The lowest BCUT2D eigenvalue weighted by molar-refractivity contribution is 0.117. The molecule has 3 heteroatoms. The van der Waals surface area contributed by atoms with Crippen LogP contribution in [0.2, 0.25) is 0 Å². The third-order valence-corrected chi connectivity index (χ3v) is 1.96. The molecule has 0 aliphatic carbocycles. The molecule has 1 aromatic rings. The van der Waals surface area contributed by atoms with E-state index in [1.54, 1.807) is 0 Å². The fourth-order valence-electron chi connectivity index (χ4n) is 1.15. The van der Waals surface area contributed by atoms with Crippen LogP contribution in [0.25, 0.3) is 0 Å². The van der Waals surface area contributed by atoms with Crippen molar-refractivity contribution in [3.8, 4) is 0 Å². The molecular weight excluding hydrogens is 190 g/mol. The van der Waals surface area contributed by atoms with Gasteiger partial charge in [0.25, 0.3) is 0 Å². The Hall–Kier alpha value is -0.800. The summed E-state index contributed by atoms with van der Waals surface area (Å²) < 4.78 is 10.9. The number of hydrogen-bond donors (Lipinski definition) is 1. The standard InChI is InChI=1S/C12H21NO2/c1-5-14-9-11-7-6-10(15-11)8-13-12(2,3)4/h6-7,13H,5,8-9H2,1-4H3. The van der Waals surface area contributed by atoms with Crippen molar-refractivity contribution in [1.82, 2.24) is 5.32 Å². The van der Waals surface area contributed by atoms with Crippen molar-refractivity contribution < 1.29 is 9.15 Å². The van der Waals surface area contributed by atoms with Crippen LogP contribution in [0.1, 0.15) is 39.2 Å². The van der Waals surface area contributed by atoms with E-state index in [9.17, 15) is 0 Å². The van der Waals surface area contributed by atoms with E-state index in [1.807, 2.05) is 19.1 Å². The van der Waals surface area contributed by atoms with Gasteiger partial charge in [0.15, 0.2) is 0 Å². The molecule has 1 aromatic heterocycles. The number of rotatable bonds is 5. The van der Waals surface area contributed by atoms with Crippen LogP contribution >= 0.6 is 0 Å². The Morgan fingerprint density at radius 1 is 1.27 bits per heavy atom. The summed E-state index contributed by atoms with van der Waals surface area (Å²) in [6.07, 6.45) is 0. The van der Waals surface area contributed by atoms with Gasteiger partial charge in [-0.25, -0.2) is 0 Å². The van der Waals surface area contributed by atoms with Crippen LogP contribution in [0.3, 0.4) is 0 Å². The molecule has 0 spiro atoms. The number of hydrogen-bond acceptors (Lipinski definition) is 3. The molecule has 0 amide bonds. The summed E-state index contributed by atoms with van der Waals surface area (Å²) in [5.74, 6) is 1.85. The fourth-order valence-corrected chi connectivity index (χ4v) is 1.15. The number of nitrogens with one attached hydrogen (secondary N) is 1. The Morgan fingerprint density at radius 2 is 1.93 bits per heavy atom. The molecule has 0 saturated heterocycles. The minimum Gasteiger partial charge on any atom is -0.462 e. The maximum atomic E-state index is 5.59. The smallest absolute Gasteiger partial charge is 0.129 e. The normalized spacial score (nSPS) is 12.0. The van der Waals surface area contributed by atoms with E-state index in [2.05, 4.69) is 26.1 Å². The van der Waals surface area contributed by atoms with Crippen LogP contribution in [0.5, 0.6) is 0 Å². The molecule has 3 nitrogen and oxygen atoms in total. The topological polar surface area (TPSA) is 34.4 Å². The van der Waals surface area contributed by atoms with Gasteiger partial charge in [0.05, 0.1) is 6.54 Å². The zero-order valence-corrected chi connectivity index (χ0v) is 10.1. The van der Waals surface area contributed by atoms with Gasteiger partial charge < -0.3 is 14.5 Å². The highest BCUT2D eigenvalue weighted by Gasteiger charge is 2.10. The first-order valence-corrected chi connectivity index (χ1v) is 5.41. The monoisotopic (exact) mass is 211 g/mol. The average Bonchev–Trinajstić information content (AvgIpc) is 2.58. The van der Waals surface area contributed by atoms with Crippen LogP contribution < -0.4 is 5.32 Å². The maximum Gasteiger partial charge on any atom is 0.129 e. The average molecular weight is 211 g/mol. The highest BCUT2D eigenvalue weighted by Crippen LogP contribution is 2.10. The molecule has 0 aliphatic heterocycles. The molecule has 1 heterocycles. The van der Waals surface area contributed by atoms with E-state index >= 15 is 0 Å². The first-order valence-electron chi connectivity index (χ1n) is 5.41. The predicted octanol–water partition coefficient (Wildman–Crippen LogP) is 2.70. The second-order valence-electron chi connectivity index (χ2n) is 4.61. The summed E-state index contributed by atoms with van der Waals surface area (Å²) in [7, 11) is 0. The Balaban J connectivity index is 2.39. The van der Waals surface area contributed by atoms with Crippen molar-refractivity contribution in [3.63, 3.8) is 0 Å². The largest absolute Gasteiger partial charge is 0.462 e. The molecule has 0 fully saturated rings. The van der Waals surface area contributed by atoms with Crippen molar-refractivity contribution in [2.24, 2.45) is 0 Å². The third-order valence-electron chi connectivity index (χ3n) is 1.96. The SMILES string of the molecule is CCOCc1ccc(CNC(C)(C)C)o1. The summed E-state index contributed by atoms with van der Waals surface area (Å²) in [4.78, 5) is 0. The minimum atomic E-state index is 0.118. The first-order chi connectivity index (χ1) is 7.01. The molecule has 15 heavy (non-hydrogen) atoms. The van der Waals surface area contributed by atoms with Crippen LogP contribution in [-0.2, 0) is 17.9 Å². The third kappa shape index (κ3) is 5.00. The lowest BCUT2D eigenvalue weighted by Crippen LogP contribution is -2.34. The molecule has 0 bridgehead atoms. The Kier molecular flexibility index (Phi) is 4.36. The molecular formula is C12H21NO2. The van der Waals surface area contributed by atoms with E-state index in [4.69, 9.17) is 9.15 Å². The Bertz CT molecular complexity index is 286. The molecule has 1 rings (SSSR count). The van der Waals surface area contributed by atoms with Gasteiger partial charge >= 0.3 is 0 Å². The molecule has 0 atom stereocenters. The van der Waals surface area contributed by atoms with E-state index in [-0.39, 0.29) is 5.54 Å². The van der Waals surface area contributed by atoms with Gasteiger partial charge in [-0.15, -0.1) is 0 Å². The second kappa shape index (κ2) is 5.33. The van der Waals surface area contributed by atoms with E-state index in [0.717, 1.165) is 24.7 Å². The molecule has 86 valence electrons. The summed E-state index contributed by atoms with van der Waals surface area (Å²) in [6.45, 7) is 10.4. The zero-order chi connectivity index (χ0) is 11.3. The van der Waals surface area contributed by atoms with Crippen molar-refractivity contribution in [3.05, 3.63) is 23.7 Å². The van der Waals surface area contributed by atoms with Crippen molar-refractivity contribution in [1.29, 1.82) is 0 Å². The van der Waals surface area contributed by atoms with E-state index in [0.29, 0.717) is 6.61 Å².